The first-order chi connectivity index (χ1) is 8.56. The largest absolute Gasteiger partial charge is 0.454 e. The van der Waals surface area contributed by atoms with Gasteiger partial charge in [0, 0.05) is 12.1 Å². The highest BCUT2D eigenvalue weighted by molar-refractivity contribution is 6.32. The first-order valence-corrected chi connectivity index (χ1v) is 6.77. The molecule has 0 unspecified atom stereocenters. The van der Waals surface area contributed by atoms with E-state index >= 15 is 0 Å². The minimum atomic E-state index is 0.197. The van der Waals surface area contributed by atoms with Crippen molar-refractivity contribution in [3.05, 3.63) is 22.7 Å². The van der Waals surface area contributed by atoms with Crippen LogP contribution in [0.1, 0.15) is 32.3 Å². The molecule has 98 valence electrons. The second-order valence-corrected chi connectivity index (χ2v) is 6.07. The Labute approximate surface area is 112 Å². The maximum atomic E-state index is 6.17. The first kappa shape index (κ1) is 12.1. The lowest BCUT2D eigenvalue weighted by Crippen LogP contribution is -2.40. The summed E-state index contributed by atoms with van der Waals surface area (Å²) in [5.74, 6) is 2.23. The van der Waals surface area contributed by atoms with Crippen molar-refractivity contribution in [1.29, 1.82) is 0 Å². The number of benzene rings is 1. The monoisotopic (exact) mass is 267 g/mol. The summed E-state index contributed by atoms with van der Waals surface area (Å²) in [6, 6.07) is 3.95. The molecule has 3 nitrogen and oxygen atoms in total. The summed E-state index contributed by atoms with van der Waals surface area (Å²) < 4.78 is 10.7. The minimum absolute atomic E-state index is 0.197. The van der Waals surface area contributed by atoms with E-state index in [1.54, 1.807) is 0 Å². The van der Waals surface area contributed by atoms with Crippen LogP contribution in [0.15, 0.2) is 12.1 Å². The number of fused-ring (bicyclic) bond motifs is 1. The molecule has 0 aromatic heterocycles. The average molecular weight is 268 g/mol. The highest BCUT2D eigenvalue weighted by Crippen LogP contribution is 2.41. The number of rotatable bonds is 4. The van der Waals surface area contributed by atoms with Crippen molar-refractivity contribution in [3.8, 4) is 11.5 Å². The van der Waals surface area contributed by atoms with E-state index < -0.39 is 0 Å². The maximum absolute atomic E-state index is 6.17. The van der Waals surface area contributed by atoms with Crippen LogP contribution in [0.25, 0.3) is 0 Å². The lowest BCUT2D eigenvalue weighted by atomic mass is 9.98. The standard InChI is InChI=1S/C14H18ClNO2/c1-14(2,10-3-4-10)16-7-9-5-11(15)13-12(6-9)17-8-18-13/h5-6,10,16H,3-4,7-8H2,1-2H3. The van der Waals surface area contributed by atoms with Crippen molar-refractivity contribution in [1.82, 2.24) is 5.32 Å². The normalized spacial score (nSPS) is 18.2. The molecule has 1 aromatic carbocycles. The van der Waals surface area contributed by atoms with Gasteiger partial charge in [-0.15, -0.1) is 0 Å². The predicted octanol–water partition coefficient (Wildman–Crippen LogP) is 3.35. The molecule has 2 aliphatic rings. The van der Waals surface area contributed by atoms with E-state index in [1.807, 2.05) is 12.1 Å². The molecular weight excluding hydrogens is 250 g/mol. The van der Waals surface area contributed by atoms with E-state index in [0.717, 1.165) is 23.8 Å². The second-order valence-electron chi connectivity index (χ2n) is 5.66. The van der Waals surface area contributed by atoms with Crippen LogP contribution in [0.3, 0.4) is 0 Å². The third-order valence-electron chi connectivity index (χ3n) is 3.83. The molecule has 1 heterocycles. The fraction of sp³-hybridized carbons (Fsp3) is 0.571. The van der Waals surface area contributed by atoms with Crippen LogP contribution in [0.5, 0.6) is 11.5 Å². The number of hydrogen-bond donors (Lipinski definition) is 1. The van der Waals surface area contributed by atoms with Crippen LogP contribution < -0.4 is 14.8 Å². The molecule has 1 aliphatic heterocycles. The van der Waals surface area contributed by atoms with E-state index in [9.17, 15) is 0 Å². The van der Waals surface area contributed by atoms with Gasteiger partial charge in [0.15, 0.2) is 11.5 Å². The van der Waals surface area contributed by atoms with Crippen LogP contribution in [-0.4, -0.2) is 12.3 Å². The topological polar surface area (TPSA) is 30.5 Å². The molecule has 3 rings (SSSR count). The van der Waals surface area contributed by atoms with E-state index in [1.165, 1.54) is 12.8 Å². The summed E-state index contributed by atoms with van der Waals surface area (Å²) in [5.41, 5.74) is 1.33. The molecule has 0 atom stereocenters. The average Bonchev–Trinajstić information content (AvgIpc) is 3.07. The van der Waals surface area contributed by atoms with Gasteiger partial charge in [-0.25, -0.2) is 0 Å². The van der Waals surface area contributed by atoms with Gasteiger partial charge >= 0.3 is 0 Å². The Balaban J connectivity index is 1.71. The minimum Gasteiger partial charge on any atom is -0.454 e. The molecule has 1 N–H and O–H groups in total. The fourth-order valence-electron chi connectivity index (χ4n) is 2.40. The van der Waals surface area contributed by atoms with Gasteiger partial charge < -0.3 is 14.8 Å². The number of ether oxygens (including phenoxy) is 2. The summed E-state index contributed by atoms with van der Waals surface area (Å²) in [6.45, 7) is 5.60. The third kappa shape index (κ3) is 2.29. The molecule has 1 fully saturated rings. The van der Waals surface area contributed by atoms with E-state index in [2.05, 4.69) is 19.2 Å². The fourth-order valence-corrected chi connectivity index (χ4v) is 2.69. The molecule has 0 spiro atoms. The molecule has 1 saturated carbocycles. The maximum Gasteiger partial charge on any atom is 0.231 e. The van der Waals surface area contributed by atoms with Crippen molar-refractivity contribution in [2.24, 2.45) is 5.92 Å². The van der Waals surface area contributed by atoms with Crippen LogP contribution in [0.4, 0.5) is 0 Å². The molecule has 0 saturated heterocycles. The number of halogens is 1. The van der Waals surface area contributed by atoms with Crippen LogP contribution in [-0.2, 0) is 6.54 Å². The zero-order chi connectivity index (χ0) is 12.8. The van der Waals surface area contributed by atoms with E-state index in [0.29, 0.717) is 10.8 Å². The van der Waals surface area contributed by atoms with E-state index in [-0.39, 0.29) is 12.3 Å². The molecule has 1 aromatic rings. The van der Waals surface area contributed by atoms with Gasteiger partial charge in [0.25, 0.3) is 0 Å². The lowest BCUT2D eigenvalue weighted by molar-refractivity contribution is 0.174. The van der Waals surface area contributed by atoms with Gasteiger partial charge in [-0.2, -0.15) is 0 Å². The Morgan fingerprint density at radius 2 is 2.11 bits per heavy atom. The number of hydrogen-bond acceptors (Lipinski definition) is 3. The zero-order valence-electron chi connectivity index (χ0n) is 10.8. The Morgan fingerprint density at radius 3 is 2.83 bits per heavy atom. The Morgan fingerprint density at radius 1 is 1.33 bits per heavy atom. The highest BCUT2D eigenvalue weighted by atomic mass is 35.5. The summed E-state index contributed by atoms with van der Waals surface area (Å²) in [5, 5.41) is 4.23. The Hall–Kier alpha value is -0.930. The van der Waals surface area contributed by atoms with Crippen molar-refractivity contribution in [3.63, 3.8) is 0 Å². The van der Waals surface area contributed by atoms with Crippen LogP contribution in [0, 0.1) is 5.92 Å². The second kappa shape index (κ2) is 4.32. The molecule has 0 bridgehead atoms. The highest BCUT2D eigenvalue weighted by Gasteiger charge is 2.37. The van der Waals surface area contributed by atoms with Gasteiger partial charge in [0.2, 0.25) is 6.79 Å². The SMILES string of the molecule is CC(C)(NCc1cc(Cl)c2c(c1)OCO2)C1CC1. The quantitative estimate of drug-likeness (QED) is 0.908. The summed E-state index contributed by atoms with van der Waals surface area (Å²) >= 11 is 6.17. The van der Waals surface area contributed by atoms with Crippen LogP contribution >= 0.6 is 11.6 Å². The Kier molecular flexibility index (Phi) is 2.91. The molecule has 4 heteroatoms. The summed E-state index contributed by atoms with van der Waals surface area (Å²) in [7, 11) is 0. The molecular formula is C14H18ClNO2. The van der Waals surface area contributed by atoms with Gasteiger partial charge in [0.05, 0.1) is 5.02 Å². The summed E-state index contributed by atoms with van der Waals surface area (Å²) in [4.78, 5) is 0. The smallest absolute Gasteiger partial charge is 0.231 e. The van der Waals surface area contributed by atoms with Crippen molar-refractivity contribution >= 4 is 11.6 Å². The van der Waals surface area contributed by atoms with Gasteiger partial charge in [-0.05, 0) is 50.3 Å². The van der Waals surface area contributed by atoms with E-state index in [4.69, 9.17) is 21.1 Å². The lowest BCUT2D eigenvalue weighted by Gasteiger charge is -2.26. The van der Waals surface area contributed by atoms with Gasteiger partial charge in [-0.1, -0.05) is 11.6 Å². The van der Waals surface area contributed by atoms with Crippen molar-refractivity contribution < 1.29 is 9.47 Å². The van der Waals surface area contributed by atoms with Crippen LogP contribution in [0.2, 0.25) is 5.02 Å². The van der Waals surface area contributed by atoms with Gasteiger partial charge in [-0.3, -0.25) is 0 Å². The predicted molar refractivity (Wildman–Crippen MR) is 71.2 cm³/mol. The molecule has 0 radical (unpaired) electrons. The summed E-state index contributed by atoms with van der Waals surface area (Å²) in [6.07, 6.45) is 2.67. The molecule has 0 amide bonds. The third-order valence-corrected chi connectivity index (χ3v) is 4.11. The van der Waals surface area contributed by atoms with Crippen molar-refractivity contribution in [2.45, 2.75) is 38.8 Å². The Bertz CT molecular complexity index is 469. The number of nitrogens with one attached hydrogen (secondary N) is 1. The first-order valence-electron chi connectivity index (χ1n) is 6.39. The van der Waals surface area contributed by atoms with Crippen molar-refractivity contribution in [2.75, 3.05) is 6.79 Å². The zero-order valence-corrected chi connectivity index (χ0v) is 11.5. The molecule has 18 heavy (non-hydrogen) atoms. The van der Waals surface area contributed by atoms with Gasteiger partial charge in [0.1, 0.15) is 0 Å². The molecule has 1 aliphatic carbocycles.